The first kappa shape index (κ1) is 14.9. The molecule has 6 heteroatoms. The van der Waals surface area contributed by atoms with Crippen molar-refractivity contribution in [1.29, 1.82) is 0 Å². The summed E-state index contributed by atoms with van der Waals surface area (Å²) in [6.07, 6.45) is 3.26. The third-order valence-corrected chi connectivity index (χ3v) is 3.11. The van der Waals surface area contributed by atoms with Gasteiger partial charge >= 0.3 is 5.97 Å². The molecule has 1 unspecified atom stereocenters. The van der Waals surface area contributed by atoms with E-state index < -0.39 is 5.97 Å². The normalized spacial score (nSPS) is 11.8. The van der Waals surface area contributed by atoms with Crippen molar-refractivity contribution in [3.63, 3.8) is 0 Å². The van der Waals surface area contributed by atoms with Gasteiger partial charge < -0.3 is 18.8 Å². The Kier molecular flexibility index (Phi) is 4.47. The van der Waals surface area contributed by atoms with Gasteiger partial charge in [-0.2, -0.15) is 0 Å². The summed E-state index contributed by atoms with van der Waals surface area (Å²) in [6.45, 7) is 1.88. The summed E-state index contributed by atoms with van der Waals surface area (Å²) in [6, 6.07) is 4.90. The van der Waals surface area contributed by atoms with Crippen LogP contribution in [0.3, 0.4) is 0 Å². The van der Waals surface area contributed by atoms with Gasteiger partial charge in [0.1, 0.15) is 5.82 Å². The summed E-state index contributed by atoms with van der Waals surface area (Å²) in [4.78, 5) is 15.8. The van der Waals surface area contributed by atoms with Crippen molar-refractivity contribution in [1.82, 2.24) is 9.55 Å². The minimum atomic E-state index is -0.424. The summed E-state index contributed by atoms with van der Waals surface area (Å²) in [5.41, 5.74) is 0.403. The zero-order valence-electron chi connectivity index (χ0n) is 12.5. The lowest BCUT2D eigenvalue weighted by atomic mass is 10.2. The number of carbonyl (C=O) groups excluding carboxylic acids is 1. The topological polar surface area (TPSA) is 62.6 Å². The van der Waals surface area contributed by atoms with Gasteiger partial charge in [0.25, 0.3) is 0 Å². The van der Waals surface area contributed by atoms with Crippen LogP contribution in [-0.2, 0) is 11.8 Å². The number of imidazole rings is 1. The Morgan fingerprint density at radius 3 is 2.62 bits per heavy atom. The number of ether oxygens (including phenoxy) is 3. The first-order valence-corrected chi connectivity index (χ1v) is 6.47. The van der Waals surface area contributed by atoms with E-state index in [4.69, 9.17) is 14.2 Å². The van der Waals surface area contributed by atoms with E-state index in [1.807, 2.05) is 24.7 Å². The molecular weight excluding hydrogens is 272 g/mol. The molecule has 0 fully saturated rings. The average Bonchev–Trinajstić information content (AvgIpc) is 2.92. The molecule has 1 aromatic carbocycles. The lowest BCUT2D eigenvalue weighted by Gasteiger charge is -2.17. The molecule has 0 aliphatic carbocycles. The van der Waals surface area contributed by atoms with E-state index in [0.717, 1.165) is 5.82 Å². The van der Waals surface area contributed by atoms with Crippen molar-refractivity contribution < 1.29 is 19.0 Å². The molecule has 0 N–H and O–H groups in total. The molecule has 0 aliphatic heterocycles. The van der Waals surface area contributed by atoms with Crippen molar-refractivity contribution >= 4 is 5.97 Å². The minimum absolute atomic E-state index is 0.285. The molecule has 1 atom stereocenters. The largest absolute Gasteiger partial charge is 0.493 e. The van der Waals surface area contributed by atoms with Crippen LogP contribution in [0.4, 0.5) is 0 Å². The van der Waals surface area contributed by atoms with Crippen LogP contribution in [0, 0.1) is 0 Å². The monoisotopic (exact) mass is 290 g/mol. The van der Waals surface area contributed by atoms with Gasteiger partial charge in [0.05, 0.1) is 19.8 Å². The Labute approximate surface area is 123 Å². The van der Waals surface area contributed by atoms with Gasteiger partial charge in [-0.15, -0.1) is 0 Å². The summed E-state index contributed by atoms with van der Waals surface area (Å²) < 4.78 is 17.7. The van der Waals surface area contributed by atoms with E-state index in [9.17, 15) is 4.79 Å². The van der Waals surface area contributed by atoms with Crippen LogP contribution in [-0.4, -0.2) is 29.7 Å². The summed E-state index contributed by atoms with van der Waals surface area (Å²) in [5.74, 6) is 1.37. The fourth-order valence-corrected chi connectivity index (χ4v) is 2.03. The molecule has 0 spiro atoms. The fraction of sp³-hybridized carbons (Fsp3) is 0.333. The highest BCUT2D eigenvalue weighted by atomic mass is 16.5. The molecule has 0 saturated heterocycles. The van der Waals surface area contributed by atoms with Gasteiger partial charge in [-0.3, -0.25) is 0 Å². The predicted octanol–water partition coefficient (Wildman–Crippen LogP) is 2.36. The minimum Gasteiger partial charge on any atom is -0.493 e. The Morgan fingerprint density at radius 1 is 1.29 bits per heavy atom. The number of aromatic nitrogens is 2. The number of aryl methyl sites for hydroxylation is 1. The number of hydrogen-bond donors (Lipinski definition) is 0. The smallest absolute Gasteiger partial charge is 0.337 e. The van der Waals surface area contributed by atoms with Crippen LogP contribution >= 0.6 is 0 Å². The van der Waals surface area contributed by atoms with Crippen molar-refractivity contribution in [3.8, 4) is 11.5 Å². The summed E-state index contributed by atoms with van der Waals surface area (Å²) in [5, 5.41) is 0. The van der Waals surface area contributed by atoms with Gasteiger partial charge in [0, 0.05) is 19.4 Å². The molecule has 0 bridgehead atoms. The van der Waals surface area contributed by atoms with Crippen molar-refractivity contribution in [2.45, 2.75) is 13.0 Å². The maximum atomic E-state index is 11.6. The number of benzene rings is 1. The van der Waals surface area contributed by atoms with Crippen LogP contribution in [0.1, 0.15) is 29.2 Å². The zero-order chi connectivity index (χ0) is 15.4. The Hall–Kier alpha value is -2.50. The number of esters is 1. The number of rotatable bonds is 5. The second-order valence-corrected chi connectivity index (χ2v) is 4.51. The quantitative estimate of drug-likeness (QED) is 0.791. The molecule has 1 aromatic heterocycles. The van der Waals surface area contributed by atoms with E-state index in [-0.39, 0.29) is 6.10 Å². The predicted molar refractivity (Wildman–Crippen MR) is 76.6 cm³/mol. The Morgan fingerprint density at radius 2 is 2.05 bits per heavy atom. The molecule has 0 aliphatic rings. The first-order chi connectivity index (χ1) is 10.1. The van der Waals surface area contributed by atoms with E-state index in [1.165, 1.54) is 7.11 Å². The molecule has 6 nitrogen and oxygen atoms in total. The average molecular weight is 290 g/mol. The van der Waals surface area contributed by atoms with E-state index >= 15 is 0 Å². The van der Waals surface area contributed by atoms with Crippen molar-refractivity contribution in [3.05, 3.63) is 42.0 Å². The van der Waals surface area contributed by atoms with Crippen LogP contribution in [0.15, 0.2) is 30.6 Å². The molecule has 21 heavy (non-hydrogen) atoms. The fourth-order valence-electron chi connectivity index (χ4n) is 2.03. The van der Waals surface area contributed by atoms with Crippen LogP contribution < -0.4 is 9.47 Å². The summed E-state index contributed by atoms with van der Waals surface area (Å²) in [7, 11) is 4.78. The zero-order valence-corrected chi connectivity index (χ0v) is 12.5. The van der Waals surface area contributed by atoms with E-state index in [1.54, 1.807) is 31.5 Å². The lowest BCUT2D eigenvalue weighted by molar-refractivity contribution is 0.0599. The molecule has 1 heterocycles. The van der Waals surface area contributed by atoms with Crippen LogP contribution in [0.2, 0.25) is 0 Å². The molecular formula is C15H18N2O4. The molecule has 2 aromatic rings. The maximum Gasteiger partial charge on any atom is 0.337 e. The first-order valence-electron chi connectivity index (χ1n) is 6.47. The van der Waals surface area contributed by atoms with Crippen LogP contribution in [0.25, 0.3) is 0 Å². The lowest BCUT2D eigenvalue weighted by Crippen LogP contribution is -2.10. The van der Waals surface area contributed by atoms with Crippen molar-refractivity contribution in [2.24, 2.45) is 7.05 Å². The maximum absolute atomic E-state index is 11.6. The molecule has 0 amide bonds. The van der Waals surface area contributed by atoms with Gasteiger partial charge in [0.15, 0.2) is 17.6 Å². The number of carbonyl (C=O) groups is 1. The number of nitrogens with zero attached hydrogens (tertiary/aromatic N) is 2. The third-order valence-electron chi connectivity index (χ3n) is 3.11. The van der Waals surface area contributed by atoms with Crippen molar-refractivity contribution in [2.75, 3.05) is 14.2 Å². The molecule has 0 radical (unpaired) electrons. The van der Waals surface area contributed by atoms with E-state index in [2.05, 4.69) is 4.98 Å². The highest BCUT2D eigenvalue weighted by Gasteiger charge is 2.17. The molecule has 0 saturated carbocycles. The Bertz CT molecular complexity index is 636. The molecule has 2 rings (SSSR count). The second-order valence-electron chi connectivity index (χ2n) is 4.51. The highest BCUT2D eigenvalue weighted by Crippen LogP contribution is 2.31. The highest BCUT2D eigenvalue weighted by molar-refractivity contribution is 5.90. The SMILES string of the molecule is COC(=O)c1ccc(OC)c(OC(C)c2nccn2C)c1. The Balaban J connectivity index is 2.29. The molecule has 112 valence electrons. The summed E-state index contributed by atoms with van der Waals surface area (Å²) >= 11 is 0. The van der Waals surface area contributed by atoms with E-state index in [0.29, 0.717) is 17.1 Å². The second kappa shape index (κ2) is 6.30. The van der Waals surface area contributed by atoms with Gasteiger partial charge in [-0.05, 0) is 25.1 Å². The third kappa shape index (κ3) is 3.16. The van der Waals surface area contributed by atoms with Gasteiger partial charge in [-0.25, -0.2) is 9.78 Å². The van der Waals surface area contributed by atoms with Gasteiger partial charge in [0.2, 0.25) is 0 Å². The number of methoxy groups -OCH3 is 2. The standard InChI is InChI=1S/C15H18N2O4/c1-10(14-16-7-8-17(14)2)21-13-9-11(15(18)20-4)5-6-12(13)19-3/h5-10H,1-4H3. The van der Waals surface area contributed by atoms with Gasteiger partial charge in [-0.1, -0.05) is 0 Å². The number of hydrogen-bond acceptors (Lipinski definition) is 5. The van der Waals surface area contributed by atoms with Crippen LogP contribution in [0.5, 0.6) is 11.5 Å².